The average Bonchev–Trinajstić information content (AvgIpc) is 3.11. The molecule has 3 aliphatic rings. The molecular weight excluding hydrogens is 296 g/mol. The van der Waals surface area contributed by atoms with Crippen LogP contribution < -0.4 is 0 Å². The normalized spacial score (nSPS) is 36.7. The standard InChI is InChI=1S/C18H16O3S/c1-11-2-6-14(7-3-11)22(21)18-13-5-4-12(10-13)17(18)15(19)8-9-16(18)20/h2-9,12-13,17H,10H2,1H3/t12-,13+,17+,18+,22?/m0/s1. The number of fused-ring (bicyclic) bond motifs is 5. The minimum atomic E-state index is -1.53. The fraction of sp³-hybridized carbons (Fsp3) is 0.333. The van der Waals surface area contributed by atoms with Gasteiger partial charge >= 0.3 is 0 Å². The summed E-state index contributed by atoms with van der Waals surface area (Å²) in [5.74, 6) is -0.751. The van der Waals surface area contributed by atoms with Gasteiger partial charge in [-0.05, 0) is 43.5 Å². The van der Waals surface area contributed by atoms with Crippen LogP contribution in [0.5, 0.6) is 0 Å². The average molecular weight is 312 g/mol. The Morgan fingerprint density at radius 2 is 1.82 bits per heavy atom. The van der Waals surface area contributed by atoms with E-state index in [1.165, 1.54) is 12.2 Å². The first-order valence-electron chi connectivity index (χ1n) is 7.48. The SMILES string of the molecule is Cc1ccc(S(=O)[C@]23C(=O)C=CC(=O)[C@H]2[C@H]2C=C[C@@H]3C2)cc1. The van der Waals surface area contributed by atoms with Crippen molar-refractivity contribution in [3.63, 3.8) is 0 Å². The number of aryl methyl sites for hydroxylation is 1. The molecule has 0 spiro atoms. The summed E-state index contributed by atoms with van der Waals surface area (Å²) in [5.41, 5.74) is 1.08. The Morgan fingerprint density at radius 1 is 1.09 bits per heavy atom. The van der Waals surface area contributed by atoms with Crippen molar-refractivity contribution < 1.29 is 13.8 Å². The van der Waals surface area contributed by atoms with E-state index in [1.807, 2.05) is 43.3 Å². The number of carbonyl (C=O) groups excluding carboxylic acids is 2. The van der Waals surface area contributed by atoms with Gasteiger partial charge in [0, 0.05) is 10.8 Å². The molecule has 1 fully saturated rings. The van der Waals surface area contributed by atoms with Crippen LogP contribution in [0.15, 0.2) is 53.5 Å². The van der Waals surface area contributed by atoms with Gasteiger partial charge in [0.15, 0.2) is 11.6 Å². The lowest BCUT2D eigenvalue weighted by molar-refractivity contribution is -0.127. The Labute approximate surface area is 131 Å². The molecule has 112 valence electrons. The molecule has 4 heteroatoms. The molecule has 1 saturated carbocycles. The van der Waals surface area contributed by atoms with Crippen LogP contribution in [-0.2, 0) is 20.4 Å². The third-order valence-electron chi connectivity index (χ3n) is 5.19. The third-order valence-corrected chi connectivity index (χ3v) is 7.26. The Kier molecular flexibility index (Phi) is 2.89. The first-order chi connectivity index (χ1) is 10.5. The minimum absolute atomic E-state index is 0.0424. The van der Waals surface area contributed by atoms with Gasteiger partial charge in [-0.3, -0.25) is 13.8 Å². The summed E-state index contributed by atoms with van der Waals surface area (Å²) in [4.78, 5) is 25.8. The van der Waals surface area contributed by atoms with Crippen LogP contribution in [0, 0.1) is 24.7 Å². The smallest absolute Gasteiger partial charge is 0.176 e. The molecule has 2 bridgehead atoms. The Hall–Kier alpha value is -1.81. The highest BCUT2D eigenvalue weighted by Gasteiger charge is 2.66. The number of ketones is 2. The zero-order valence-electron chi connectivity index (χ0n) is 12.2. The van der Waals surface area contributed by atoms with Crippen molar-refractivity contribution in [1.29, 1.82) is 0 Å². The number of rotatable bonds is 2. The largest absolute Gasteiger partial charge is 0.294 e. The fourth-order valence-electron chi connectivity index (χ4n) is 4.19. The lowest BCUT2D eigenvalue weighted by atomic mass is 9.74. The lowest BCUT2D eigenvalue weighted by Crippen LogP contribution is -2.56. The molecule has 22 heavy (non-hydrogen) atoms. The maximum atomic E-state index is 13.3. The van der Waals surface area contributed by atoms with Crippen LogP contribution in [0.4, 0.5) is 0 Å². The molecule has 1 unspecified atom stereocenters. The minimum Gasteiger partial charge on any atom is -0.294 e. The van der Waals surface area contributed by atoms with E-state index in [0.29, 0.717) is 4.90 Å². The molecule has 1 aromatic carbocycles. The van der Waals surface area contributed by atoms with Crippen LogP contribution in [0.25, 0.3) is 0 Å². The molecule has 0 heterocycles. The highest BCUT2D eigenvalue weighted by molar-refractivity contribution is 7.87. The van der Waals surface area contributed by atoms with E-state index in [9.17, 15) is 13.8 Å². The molecule has 5 atom stereocenters. The fourth-order valence-corrected chi connectivity index (χ4v) is 6.19. The van der Waals surface area contributed by atoms with Gasteiger partial charge in [0.25, 0.3) is 0 Å². The second-order valence-corrected chi connectivity index (χ2v) is 8.03. The number of hydrogen-bond acceptors (Lipinski definition) is 3. The Balaban J connectivity index is 1.89. The second kappa shape index (κ2) is 4.59. The highest BCUT2D eigenvalue weighted by atomic mass is 32.2. The van der Waals surface area contributed by atoms with Crippen molar-refractivity contribution in [2.24, 2.45) is 17.8 Å². The topological polar surface area (TPSA) is 51.2 Å². The van der Waals surface area contributed by atoms with Crippen molar-refractivity contribution in [3.8, 4) is 0 Å². The van der Waals surface area contributed by atoms with Gasteiger partial charge in [0.05, 0.1) is 16.7 Å². The van der Waals surface area contributed by atoms with E-state index in [0.717, 1.165) is 12.0 Å². The summed E-state index contributed by atoms with van der Waals surface area (Å²) in [5, 5.41) is 0. The van der Waals surface area contributed by atoms with Crippen molar-refractivity contribution in [2.75, 3.05) is 0 Å². The molecular formula is C18H16O3S. The van der Waals surface area contributed by atoms with Crippen molar-refractivity contribution in [1.82, 2.24) is 0 Å². The van der Waals surface area contributed by atoms with E-state index in [-0.39, 0.29) is 23.4 Å². The molecule has 0 aromatic heterocycles. The van der Waals surface area contributed by atoms with Gasteiger partial charge in [-0.1, -0.05) is 29.8 Å². The van der Waals surface area contributed by atoms with Crippen LogP contribution in [0.3, 0.4) is 0 Å². The third kappa shape index (κ3) is 1.59. The molecule has 3 nitrogen and oxygen atoms in total. The van der Waals surface area contributed by atoms with Crippen LogP contribution in [0.1, 0.15) is 12.0 Å². The zero-order chi connectivity index (χ0) is 15.5. The maximum Gasteiger partial charge on any atom is 0.176 e. The lowest BCUT2D eigenvalue weighted by Gasteiger charge is -2.39. The number of benzene rings is 1. The van der Waals surface area contributed by atoms with E-state index < -0.39 is 21.5 Å². The van der Waals surface area contributed by atoms with E-state index >= 15 is 0 Å². The Morgan fingerprint density at radius 3 is 2.55 bits per heavy atom. The van der Waals surface area contributed by atoms with Crippen molar-refractivity contribution in [3.05, 3.63) is 54.1 Å². The van der Waals surface area contributed by atoms with Gasteiger partial charge in [-0.15, -0.1) is 0 Å². The molecule has 4 rings (SSSR count). The Bertz CT molecular complexity index is 759. The summed E-state index contributed by atoms with van der Waals surface area (Å²) in [6.45, 7) is 1.96. The summed E-state index contributed by atoms with van der Waals surface area (Å²) < 4.78 is 12.2. The van der Waals surface area contributed by atoms with Gasteiger partial charge in [-0.2, -0.15) is 0 Å². The summed E-state index contributed by atoms with van der Waals surface area (Å²) in [6.07, 6.45) is 7.45. The van der Waals surface area contributed by atoms with Crippen molar-refractivity contribution >= 4 is 22.4 Å². The number of carbonyl (C=O) groups is 2. The van der Waals surface area contributed by atoms with Gasteiger partial charge in [0.1, 0.15) is 4.75 Å². The van der Waals surface area contributed by atoms with E-state index in [1.54, 1.807) is 0 Å². The predicted molar refractivity (Wildman–Crippen MR) is 83.7 cm³/mol. The first-order valence-corrected chi connectivity index (χ1v) is 8.63. The van der Waals surface area contributed by atoms with Gasteiger partial charge < -0.3 is 0 Å². The van der Waals surface area contributed by atoms with E-state index in [4.69, 9.17) is 0 Å². The maximum absolute atomic E-state index is 13.3. The van der Waals surface area contributed by atoms with Gasteiger partial charge in [-0.25, -0.2) is 0 Å². The molecule has 0 N–H and O–H groups in total. The quantitative estimate of drug-likeness (QED) is 0.788. The summed E-state index contributed by atoms with van der Waals surface area (Å²) in [7, 11) is -1.53. The molecule has 1 aromatic rings. The summed E-state index contributed by atoms with van der Waals surface area (Å²) in [6, 6.07) is 7.41. The summed E-state index contributed by atoms with van der Waals surface area (Å²) >= 11 is 0. The van der Waals surface area contributed by atoms with Crippen molar-refractivity contribution in [2.45, 2.75) is 23.0 Å². The monoisotopic (exact) mass is 312 g/mol. The van der Waals surface area contributed by atoms with Gasteiger partial charge in [0.2, 0.25) is 0 Å². The molecule has 0 radical (unpaired) electrons. The molecule has 3 aliphatic carbocycles. The highest BCUT2D eigenvalue weighted by Crippen LogP contribution is 2.57. The molecule has 0 amide bonds. The number of hydrogen-bond donors (Lipinski definition) is 0. The van der Waals surface area contributed by atoms with Crippen LogP contribution in [-0.4, -0.2) is 20.5 Å². The number of allylic oxidation sites excluding steroid dienone is 4. The second-order valence-electron chi connectivity index (χ2n) is 6.34. The predicted octanol–water partition coefficient (Wildman–Crippen LogP) is 2.37. The molecule has 0 aliphatic heterocycles. The van der Waals surface area contributed by atoms with Crippen LogP contribution in [0.2, 0.25) is 0 Å². The molecule has 0 saturated heterocycles. The van der Waals surface area contributed by atoms with E-state index in [2.05, 4.69) is 0 Å². The first kappa shape index (κ1) is 13.8. The zero-order valence-corrected chi connectivity index (χ0v) is 13.0. The van der Waals surface area contributed by atoms with Crippen LogP contribution >= 0.6 is 0 Å².